The zero-order chi connectivity index (χ0) is 13.7. The Hall–Kier alpha value is -0.970. The summed E-state index contributed by atoms with van der Waals surface area (Å²) < 4.78 is 1.84. The fraction of sp³-hybridized carbons (Fsp3) is 0.357. The molecule has 2 rings (SSSR count). The number of nitrogens with zero attached hydrogens (tertiary/aromatic N) is 2. The third-order valence-electron chi connectivity index (χ3n) is 2.93. The van der Waals surface area contributed by atoms with Crippen LogP contribution in [0.1, 0.15) is 5.56 Å². The molecule has 0 radical (unpaired) electrons. The van der Waals surface area contributed by atoms with E-state index in [1.54, 1.807) is 11.8 Å². The number of hydrogen-bond acceptors (Lipinski definition) is 3. The average Bonchev–Trinajstić information content (AvgIpc) is 2.81. The monoisotopic (exact) mass is 295 g/mol. The Kier molecular flexibility index (Phi) is 5.31. The Balaban J connectivity index is 1.91. The normalized spacial score (nSPS) is 12.6. The van der Waals surface area contributed by atoms with Gasteiger partial charge in [0.25, 0.3) is 0 Å². The molecule has 0 spiro atoms. The third kappa shape index (κ3) is 4.27. The van der Waals surface area contributed by atoms with E-state index in [-0.39, 0.29) is 0 Å². The lowest BCUT2D eigenvalue weighted by Crippen LogP contribution is -2.29. The second kappa shape index (κ2) is 6.98. The smallest absolute Gasteiger partial charge is 0.0541 e. The number of benzene rings is 1. The van der Waals surface area contributed by atoms with Gasteiger partial charge in [-0.2, -0.15) is 5.10 Å². The number of nitrogens with one attached hydrogen (secondary N) is 1. The van der Waals surface area contributed by atoms with E-state index >= 15 is 0 Å². The lowest BCUT2D eigenvalue weighted by atomic mass is 10.1. The molecule has 0 aliphatic heterocycles. The van der Waals surface area contributed by atoms with Crippen LogP contribution in [-0.2, 0) is 13.5 Å². The minimum atomic E-state index is 0.408. The number of aryl methyl sites for hydroxylation is 1. The van der Waals surface area contributed by atoms with Crippen molar-refractivity contribution in [2.45, 2.75) is 17.4 Å². The molecule has 1 heterocycles. The van der Waals surface area contributed by atoms with Crippen LogP contribution in [0.5, 0.6) is 0 Å². The molecule has 0 bridgehead atoms. The van der Waals surface area contributed by atoms with Crippen molar-refractivity contribution in [1.29, 1.82) is 0 Å². The highest BCUT2D eigenvalue weighted by Gasteiger charge is 2.10. The van der Waals surface area contributed by atoms with Gasteiger partial charge in [0.2, 0.25) is 0 Å². The highest BCUT2D eigenvalue weighted by atomic mass is 35.5. The molecule has 0 aliphatic rings. The summed E-state index contributed by atoms with van der Waals surface area (Å²) in [4.78, 5) is 1.13. The van der Waals surface area contributed by atoms with E-state index in [4.69, 9.17) is 11.6 Å². The average molecular weight is 296 g/mol. The number of likely N-dealkylation sites (N-methyl/N-ethyl adjacent to an activating group) is 1. The molecule has 0 saturated heterocycles. The minimum absolute atomic E-state index is 0.408. The minimum Gasteiger partial charge on any atom is -0.316 e. The molecule has 1 atom stereocenters. The Morgan fingerprint density at radius 1 is 1.42 bits per heavy atom. The number of rotatable bonds is 6. The number of hydrogen-bond donors (Lipinski definition) is 1. The molecule has 19 heavy (non-hydrogen) atoms. The molecule has 1 aromatic heterocycles. The summed E-state index contributed by atoms with van der Waals surface area (Å²) in [7, 11) is 3.94. The number of aromatic nitrogens is 2. The molecule has 0 saturated carbocycles. The summed E-state index contributed by atoms with van der Waals surface area (Å²) in [5.74, 6) is 0.981. The van der Waals surface area contributed by atoms with Crippen molar-refractivity contribution in [2.75, 3.05) is 12.8 Å². The van der Waals surface area contributed by atoms with Crippen molar-refractivity contribution in [3.05, 3.63) is 47.2 Å². The maximum atomic E-state index is 6.16. The van der Waals surface area contributed by atoms with Gasteiger partial charge in [-0.15, -0.1) is 11.8 Å². The highest BCUT2D eigenvalue weighted by Crippen LogP contribution is 2.27. The van der Waals surface area contributed by atoms with Gasteiger partial charge >= 0.3 is 0 Å². The lowest BCUT2D eigenvalue weighted by molar-refractivity contribution is 0.616. The van der Waals surface area contributed by atoms with Gasteiger partial charge in [0.15, 0.2) is 0 Å². The van der Waals surface area contributed by atoms with Crippen LogP contribution in [0.25, 0.3) is 0 Å². The van der Waals surface area contributed by atoms with E-state index in [0.717, 1.165) is 22.1 Å². The Bertz CT molecular complexity index is 527. The van der Waals surface area contributed by atoms with E-state index in [0.29, 0.717) is 6.04 Å². The maximum Gasteiger partial charge on any atom is 0.0541 e. The second-order valence-corrected chi connectivity index (χ2v) is 5.92. The molecular formula is C14H18ClN3S. The molecule has 0 fully saturated rings. The fourth-order valence-electron chi connectivity index (χ4n) is 1.86. The first-order valence-corrected chi connectivity index (χ1v) is 7.57. The molecule has 1 N–H and O–H groups in total. The van der Waals surface area contributed by atoms with Crippen molar-refractivity contribution < 1.29 is 0 Å². The van der Waals surface area contributed by atoms with Gasteiger partial charge < -0.3 is 5.32 Å². The molecule has 2 aromatic rings. The Labute approximate surface area is 123 Å². The highest BCUT2D eigenvalue weighted by molar-refractivity contribution is 7.99. The van der Waals surface area contributed by atoms with E-state index in [1.165, 1.54) is 5.56 Å². The van der Waals surface area contributed by atoms with Gasteiger partial charge in [0.05, 0.1) is 11.2 Å². The predicted octanol–water partition coefficient (Wildman–Crippen LogP) is 3.00. The van der Waals surface area contributed by atoms with Gasteiger partial charge in [0.1, 0.15) is 0 Å². The topological polar surface area (TPSA) is 29.9 Å². The van der Waals surface area contributed by atoms with Crippen LogP contribution >= 0.6 is 23.4 Å². The third-order valence-corrected chi connectivity index (χ3v) is 4.60. The molecule has 1 aromatic carbocycles. The maximum absolute atomic E-state index is 6.16. The summed E-state index contributed by atoms with van der Waals surface area (Å²) >= 11 is 7.94. The van der Waals surface area contributed by atoms with E-state index in [2.05, 4.69) is 22.7 Å². The van der Waals surface area contributed by atoms with E-state index in [9.17, 15) is 0 Å². The molecule has 102 valence electrons. The van der Waals surface area contributed by atoms with Gasteiger partial charge in [0, 0.05) is 29.9 Å². The van der Waals surface area contributed by atoms with Crippen LogP contribution in [0.2, 0.25) is 5.02 Å². The first-order valence-electron chi connectivity index (χ1n) is 6.21. The summed E-state index contributed by atoms with van der Waals surface area (Å²) in [6, 6.07) is 8.37. The Morgan fingerprint density at radius 2 is 2.21 bits per heavy atom. The largest absolute Gasteiger partial charge is 0.316 e. The van der Waals surface area contributed by atoms with E-state index < -0.39 is 0 Å². The molecule has 1 unspecified atom stereocenters. The molecule has 0 amide bonds. The molecular weight excluding hydrogens is 278 g/mol. The summed E-state index contributed by atoms with van der Waals surface area (Å²) in [5.41, 5.74) is 1.25. The van der Waals surface area contributed by atoms with Crippen molar-refractivity contribution >= 4 is 23.4 Å². The quantitative estimate of drug-likeness (QED) is 0.831. The number of thioether (sulfide) groups is 1. The fourth-order valence-corrected chi connectivity index (χ4v) is 3.20. The lowest BCUT2D eigenvalue weighted by Gasteiger charge is -2.15. The predicted molar refractivity (Wildman–Crippen MR) is 81.9 cm³/mol. The SMILES string of the molecule is CNC(CSc1ccccc1Cl)Cc1cnn(C)c1. The summed E-state index contributed by atoms with van der Waals surface area (Å²) in [5, 5.41) is 8.37. The van der Waals surface area contributed by atoms with Crippen molar-refractivity contribution in [1.82, 2.24) is 15.1 Å². The number of halogens is 1. The van der Waals surface area contributed by atoms with Crippen LogP contribution in [0, 0.1) is 0 Å². The van der Waals surface area contributed by atoms with Gasteiger partial charge in [-0.3, -0.25) is 4.68 Å². The zero-order valence-electron chi connectivity index (χ0n) is 11.1. The van der Waals surface area contributed by atoms with Crippen LogP contribution < -0.4 is 5.32 Å². The van der Waals surface area contributed by atoms with Gasteiger partial charge in [-0.25, -0.2) is 0 Å². The summed E-state index contributed by atoms with van der Waals surface area (Å²) in [6.07, 6.45) is 4.96. The molecule has 0 aliphatic carbocycles. The zero-order valence-corrected chi connectivity index (χ0v) is 12.7. The van der Waals surface area contributed by atoms with E-state index in [1.807, 2.05) is 43.2 Å². The van der Waals surface area contributed by atoms with Crippen molar-refractivity contribution in [3.63, 3.8) is 0 Å². The van der Waals surface area contributed by atoms with Crippen molar-refractivity contribution in [3.8, 4) is 0 Å². The van der Waals surface area contributed by atoms with Crippen molar-refractivity contribution in [2.24, 2.45) is 7.05 Å². The van der Waals surface area contributed by atoms with Crippen LogP contribution in [0.4, 0.5) is 0 Å². The van der Waals surface area contributed by atoms with Crippen LogP contribution in [-0.4, -0.2) is 28.6 Å². The molecule has 3 nitrogen and oxygen atoms in total. The standard InChI is InChI=1S/C14H18ClN3S/c1-16-12(7-11-8-17-18(2)9-11)10-19-14-6-4-3-5-13(14)15/h3-6,8-9,12,16H,7,10H2,1-2H3. The summed E-state index contributed by atoms with van der Waals surface area (Å²) in [6.45, 7) is 0. The van der Waals surface area contributed by atoms with Gasteiger partial charge in [-0.05, 0) is 31.2 Å². The first kappa shape index (κ1) is 14.4. The second-order valence-electron chi connectivity index (χ2n) is 4.45. The van der Waals surface area contributed by atoms with Crippen LogP contribution in [0.15, 0.2) is 41.6 Å². The Morgan fingerprint density at radius 3 is 2.84 bits per heavy atom. The first-order chi connectivity index (χ1) is 9.19. The van der Waals surface area contributed by atoms with Crippen LogP contribution in [0.3, 0.4) is 0 Å². The molecule has 5 heteroatoms. The van der Waals surface area contributed by atoms with Gasteiger partial charge in [-0.1, -0.05) is 23.7 Å².